The first-order valence-corrected chi connectivity index (χ1v) is 12.5. The number of carbonyl (C=O) groups excluding carboxylic acids is 2. The molecule has 2 amide bonds. The van der Waals surface area contributed by atoms with Gasteiger partial charge < -0.3 is 4.90 Å². The molecule has 12 heteroatoms. The van der Waals surface area contributed by atoms with Gasteiger partial charge in [0.1, 0.15) is 17.7 Å². The third-order valence-electron chi connectivity index (χ3n) is 6.05. The highest BCUT2D eigenvalue weighted by molar-refractivity contribution is 7.89. The summed E-state index contributed by atoms with van der Waals surface area (Å²) in [6, 6.07) is 7.18. The van der Waals surface area contributed by atoms with Gasteiger partial charge in [-0.3, -0.25) is 14.5 Å². The zero-order chi connectivity index (χ0) is 26.4. The van der Waals surface area contributed by atoms with Crippen LogP contribution in [0.25, 0.3) is 0 Å². The number of hydrogen-bond acceptors (Lipinski definition) is 4. The van der Waals surface area contributed by atoms with Crippen molar-refractivity contribution < 1.29 is 35.6 Å². The molecular weight excluding hydrogens is 502 g/mol. The predicted molar refractivity (Wildman–Crippen MR) is 121 cm³/mol. The summed E-state index contributed by atoms with van der Waals surface area (Å²) in [5.41, 5.74) is -0.579. The summed E-state index contributed by atoms with van der Waals surface area (Å²) >= 11 is 0. The van der Waals surface area contributed by atoms with Gasteiger partial charge in [-0.15, -0.1) is 0 Å². The summed E-state index contributed by atoms with van der Waals surface area (Å²) in [5.74, 6) is -1.56. The molecule has 192 valence electrons. The lowest BCUT2D eigenvalue weighted by Gasteiger charge is -2.46. The van der Waals surface area contributed by atoms with Crippen LogP contribution in [0.15, 0.2) is 65.4 Å². The largest absolute Gasteiger partial charge is 0.416 e. The van der Waals surface area contributed by atoms with Crippen LogP contribution in [0.2, 0.25) is 0 Å². The average Bonchev–Trinajstić information content (AvgIpc) is 2.81. The molecule has 2 aromatic carbocycles. The third kappa shape index (κ3) is 4.69. The highest BCUT2D eigenvalue weighted by Crippen LogP contribution is 2.36. The van der Waals surface area contributed by atoms with Gasteiger partial charge in [0.15, 0.2) is 0 Å². The van der Waals surface area contributed by atoms with Gasteiger partial charge in [0.05, 0.1) is 10.5 Å². The van der Waals surface area contributed by atoms with Crippen molar-refractivity contribution >= 4 is 21.8 Å². The first-order chi connectivity index (χ1) is 16.8. The molecule has 4 rings (SSSR count). The Morgan fingerprint density at radius 2 is 1.72 bits per heavy atom. The second-order valence-corrected chi connectivity index (χ2v) is 10.7. The molecule has 0 aliphatic carbocycles. The highest BCUT2D eigenvalue weighted by atomic mass is 32.2. The number of nitrogens with zero attached hydrogens (tertiary/aromatic N) is 3. The number of fused-ring (bicyclic) bond motifs is 1. The van der Waals surface area contributed by atoms with E-state index in [4.69, 9.17) is 0 Å². The van der Waals surface area contributed by atoms with Gasteiger partial charge in [-0.1, -0.05) is 18.2 Å². The minimum absolute atomic E-state index is 0.0111. The Balaban J connectivity index is 1.79. The van der Waals surface area contributed by atoms with Crippen molar-refractivity contribution in [1.29, 1.82) is 0 Å². The molecule has 1 saturated heterocycles. The van der Waals surface area contributed by atoms with E-state index in [1.165, 1.54) is 35.4 Å². The molecule has 0 saturated carbocycles. The third-order valence-corrected chi connectivity index (χ3v) is 7.85. The van der Waals surface area contributed by atoms with Crippen molar-refractivity contribution in [3.8, 4) is 0 Å². The number of alkyl halides is 3. The smallest absolute Gasteiger partial charge is 0.311 e. The molecule has 1 atom stereocenters. The van der Waals surface area contributed by atoms with Gasteiger partial charge in [-0.05, 0) is 49.7 Å². The van der Waals surface area contributed by atoms with E-state index < -0.39 is 56.4 Å². The van der Waals surface area contributed by atoms with Gasteiger partial charge in [0.25, 0.3) is 10.0 Å². The van der Waals surface area contributed by atoms with Crippen LogP contribution in [0.4, 0.5) is 17.6 Å². The van der Waals surface area contributed by atoms with E-state index in [9.17, 15) is 35.6 Å². The topological polar surface area (TPSA) is 78.0 Å². The molecule has 7 nitrogen and oxygen atoms in total. The molecule has 1 fully saturated rings. The van der Waals surface area contributed by atoms with Crippen LogP contribution in [0.3, 0.4) is 0 Å². The maximum Gasteiger partial charge on any atom is 0.416 e. The lowest BCUT2D eigenvalue weighted by atomic mass is 10.00. The van der Waals surface area contributed by atoms with Gasteiger partial charge >= 0.3 is 6.18 Å². The van der Waals surface area contributed by atoms with Crippen LogP contribution in [0.5, 0.6) is 0 Å². The minimum Gasteiger partial charge on any atom is -0.311 e. The van der Waals surface area contributed by atoms with E-state index in [0.29, 0.717) is 11.6 Å². The Morgan fingerprint density at radius 1 is 1.06 bits per heavy atom. The van der Waals surface area contributed by atoms with Crippen LogP contribution in [-0.4, -0.2) is 53.0 Å². The normalized spacial score (nSPS) is 19.0. The fourth-order valence-electron chi connectivity index (χ4n) is 4.24. The van der Waals surface area contributed by atoms with Gasteiger partial charge in [-0.2, -0.15) is 13.2 Å². The number of halogens is 4. The summed E-state index contributed by atoms with van der Waals surface area (Å²) in [7, 11) is -4.52. The van der Waals surface area contributed by atoms with Crippen LogP contribution >= 0.6 is 0 Å². The first kappa shape index (κ1) is 25.7. The van der Waals surface area contributed by atoms with Crippen molar-refractivity contribution in [3.05, 3.63) is 77.5 Å². The van der Waals surface area contributed by atoms with Crippen molar-refractivity contribution in [3.63, 3.8) is 0 Å². The molecule has 1 unspecified atom stereocenters. The van der Waals surface area contributed by atoms with Crippen molar-refractivity contribution in [2.75, 3.05) is 6.54 Å². The zero-order valence-corrected chi connectivity index (χ0v) is 20.2. The molecule has 0 spiro atoms. The second-order valence-electron chi connectivity index (χ2n) is 8.79. The molecule has 0 radical (unpaired) electrons. The Hall–Kier alpha value is -3.41. The monoisotopic (exact) mass is 525 g/mol. The van der Waals surface area contributed by atoms with Crippen LogP contribution in [0, 0.1) is 5.82 Å². The van der Waals surface area contributed by atoms with E-state index in [0.717, 1.165) is 27.4 Å². The van der Waals surface area contributed by atoms with Gasteiger partial charge in [0.2, 0.25) is 11.8 Å². The molecule has 2 heterocycles. The summed E-state index contributed by atoms with van der Waals surface area (Å²) in [4.78, 5) is 28.1. The van der Waals surface area contributed by atoms with Crippen LogP contribution in [0.1, 0.15) is 31.4 Å². The molecule has 36 heavy (non-hydrogen) atoms. The minimum atomic E-state index is -4.75. The summed E-state index contributed by atoms with van der Waals surface area (Å²) in [6.07, 6.45) is -3.79. The van der Waals surface area contributed by atoms with Crippen molar-refractivity contribution in [2.45, 2.75) is 49.8 Å². The maximum absolute atomic E-state index is 13.5. The molecule has 0 bridgehead atoms. The van der Waals surface area contributed by atoms with E-state index in [1.807, 2.05) is 0 Å². The fraction of sp³-hybridized carbons (Fsp3) is 0.333. The van der Waals surface area contributed by atoms with Crippen LogP contribution < -0.4 is 0 Å². The Morgan fingerprint density at radius 3 is 2.33 bits per heavy atom. The van der Waals surface area contributed by atoms with Crippen molar-refractivity contribution in [2.24, 2.45) is 0 Å². The highest BCUT2D eigenvalue weighted by Gasteiger charge is 2.47. The lowest BCUT2D eigenvalue weighted by molar-refractivity contribution is -0.148. The Labute approximate surface area is 205 Å². The predicted octanol–water partition coefficient (Wildman–Crippen LogP) is 3.73. The molecule has 2 aliphatic heterocycles. The number of rotatable bonds is 5. The van der Waals surface area contributed by atoms with Crippen molar-refractivity contribution in [1.82, 2.24) is 14.1 Å². The number of hydrogen-bond donors (Lipinski definition) is 0. The second kappa shape index (κ2) is 9.23. The molecule has 0 N–H and O–H groups in total. The van der Waals surface area contributed by atoms with E-state index in [-0.39, 0.29) is 25.2 Å². The summed E-state index contributed by atoms with van der Waals surface area (Å²) < 4.78 is 81.0. The molecule has 0 aromatic heterocycles. The number of benzene rings is 2. The number of sulfonamides is 1. The van der Waals surface area contributed by atoms with E-state index >= 15 is 0 Å². The Bertz CT molecular complexity index is 1320. The number of carbonyl (C=O) groups is 2. The summed E-state index contributed by atoms with van der Waals surface area (Å²) in [5, 5.41) is 0. The zero-order valence-electron chi connectivity index (χ0n) is 19.4. The van der Waals surface area contributed by atoms with Gasteiger partial charge in [-0.25, -0.2) is 17.1 Å². The quantitative estimate of drug-likeness (QED) is 0.558. The standard InChI is InChI=1S/C24H23F4N3O4S/c1-15(2)29-14-21-30(36(34,35)19-5-3-4-17(13-19)24(26,27)28)11-10-22(32)31(21)20(23(29)33)12-16-6-8-18(25)9-7-16/h3-9,13-15,20H,10-12H2,1-2H3. The lowest BCUT2D eigenvalue weighted by Crippen LogP contribution is -2.61. The van der Waals surface area contributed by atoms with Crippen LogP contribution in [-0.2, 0) is 32.2 Å². The van der Waals surface area contributed by atoms with E-state index in [2.05, 4.69) is 0 Å². The molecular formula is C24H23F4N3O4S. The molecule has 2 aromatic rings. The van der Waals surface area contributed by atoms with Gasteiger partial charge in [0, 0.05) is 31.6 Å². The first-order valence-electron chi connectivity index (χ1n) is 11.1. The summed E-state index contributed by atoms with van der Waals surface area (Å²) in [6.45, 7) is 3.11. The average molecular weight is 526 g/mol. The number of amides is 2. The fourth-order valence-corrected chi connectivity index (χ4v) is 5.73. The molecule has 2 aliphatic rings. The maximum atomic E-state index is 13.5. The van der Waals surface area contributed by atoms with E-state index in [1.54, 1.807) is 13.8 Å². The Kier molecular flexibility index (Phi) is 6.58. The SMILES string of the molecule is CC(C)N1C=C2N(C(=O)CCN2S(=O)(=O)c2cccc(C(F)(F)F)c2)C(Cc2ccc(F)cc2)C1=O.